The normalized spacial score (nSPS) is 17.6. The van der Waals surface area contributed by atoms with E-state index in [2.05, 4.69) is 5.32 Å². The fraction of sp³-hybridized carbons (Fsp3) is 0.381. The van der Waals surface area contributed by atoms with E-state index in [-0.39, 0.29) is 22.3 Å². The summed E-state index contributed by atoms with van der Waals surface area (Å²) < 4.78 is 38.5. The predicted octanol–water partition coefficient (Wildman–Crippen LogP) is 3.52. The van der Waals surface area contributed by atoms with Gasteiger partial charge in [0.1, 0.15) is 16.4 Å². The highest BCUT2D eigenvalue weighted by Gasteiger charge is 2.33. The van der Waals surface area contributed by atoms with Gasteiger partial charge in [0.2, 0.25) is 10.0 Å². The molecule has 0 saturated carbocycles. The maximum absolute atomic E-state index is 13.3. The first kappa shape index (κ1) is 21.1. The molecule has 0 spiro atoms. The van der Waals surface area contributed by atoms with E-state index >= 15 is 0 Å². The Balaban J connectivity index is 1.90. The Kier molecular flexibility index (Phi) is 6.44. The molecule has 2 aromatic carbocycles. The number of sulfonamides is 1. The first-order valence-electron chi connectivity index (χ1n) is 9.52. The van der Waals surface area contributed by atoms with Crippen molar-refractivity contribution in [3.05, 3.63) is 48.0 Å². The molecule has 0 aromatic heterocycles. The van der Waals surface area contributed by atoms with Crippen molar-refractivity contribution in [3.63, 3.8) is 0 Å². The number of ether oxygens (including phenoxy) is 2. The number of anilines is 1. The van der Waals surface area contributed by atoms with Crippen LogP contribution in [-0.4, -0.2) is 45.4 Å². The molecule has 8 heteroatoms. The standard InChI is InChI=1S/C21H26N2O5S/c1-15-6-4-5-13-23(15)29(25,26)20-14-16(7-12-19(20)28-3)21(24)22-17-8-10-18(27-2)11-9-17/h7-12,14-15H,4-6,13H2,1-3H3,(H,22,24)/t15-/m0/s1. The molecule has 1 aliphatic heterocycles. The Hall–Kier alpha value is -2.58. The van der Waals surface area contributed by atoms with E-state index in [1.807, 2.05) is 6.92 Å². The molecule has 7 nitrogen and oxygen atoms in total. The number of carbonyl (C=O) groups excluding carboxylic acids is 1. The average molecular weight is 419 g/mol. The van der Waals surface area contributed by atoms with Gasteiger partial charge in [0.25, 0.3) is 5.91 Å². The van der Waals surface area contributed by atoms with E-state index in [1.165, 1.54) is 23.5 Å². The zero-order valence-corrected chi connectivity index (χ0v) is 17.7. The first-order chi connectivity index (χ1) is 13.9. The van der Waals surface area contributed by atoms with E-state index in [1.54, 1.807) is 37.4 Å². The molecule has 1 heterocycles. The third-order valence-corrected chi connectivity index (χ3v) is 7.14. The number of benzene rings is 2. The Morgan fingerprint density at radius 3 is 2.41 bits per heavy atom. The highest BCUT2D eigenvalue weighted by molar-refractivity contribution is 7.89. The van der Waals surface area contributed by atoms with Crippen LogP contribution < -0.4 is 14.8 Å². The number of rotatable bonds is 6. The van der Waals surface area contributed by atoms with Crippen molar-refractivity contribution >= 4 is 21.6 Å². The van der Waals surface area contributed by atoms with Gasteiger partial charge in [-0.3, -0.25) is 4.79 Å². The Morgan fingerprint density at radius 2 is 1.79 bits per heavy atom. The van der Waals surface area contributed by atoms with Gasteiger partial charge in [-0.25, -0.2) is 8.42 Å². The minimum absolute atomic E-state index is 0.0103. The van der Waals surface area contributed by atoms with Gasteiger partial charge in [-0.1, -0.05) is 6.42 Å². The summed E-state index contributed by atoms with van der Waals surface area (Å²) in [5.74, 6) is 0.501. The molecule has 2 aromatic rings. The molecule has 1 aliphatic rings. The van der Waals surface area contributed by atoms with Gasteiger partial charge >= 0.3 is 0 Å². The highest BCUT2D eigenvalue weighted by Crippen LogP contribution is 2.32. The van der Waals surface area contributed by atoms with Gasteiger partial charge in [0.15, 0.2) is 0 Å². The van der Waals surface area contributed by atoms with Crippen molar-refractivity contribution < 1.29 is 22.7 Å². The van der Waals surface area contributed by atoms with E-state index in [4.69, 9.17) is 9.47 Å². The second-order valence-electron chi connectivity index (χ2n) is 7.01. The second-order valence-corrected chi connectivity index (χ2v) is 8.87. The van der Waals surface area contributed by atoms with Crippen LogP contribution in [0.3, 0.4) is 0 Å². The quantitative estimate of drug-likeness (QED) is 0.776. The zero-order chi connectivity index (χ0) is 21.0. The van der Waals surface area contributed by atoms with Crippen LogP contribution in [0.5, 0.6) is 11.5 Å². The van der Waals surface area contributed by atoms with Gasteiger partial charge in [-0.05, 0) is 62.2 Å². The fourth-order valence-corrected chi connectivity index (χ4v) is 5.34. The van der Waals surface area contributed by atoms with E-state index in [9.17, 15) is 13.2 Å². The number of amides is 1. The lowest BCUT2D eigenvalue weighted by atomic mass is 10.1. The van der Waals surface area contributed by atoms with Crippen molar-refractivity contribution in [2.45, 2.75) is 37.1 Å². The van der Waals surface area contributed by atoms with Crippen LogP contribution in [0, 0.1) is 0 Å². The summed E-state index contributed by atoms with van der Waals surface area (Å²) in [7, 11) is -0.793. The topological polar surface area (TPSA) is 84.9 Å². The summed E-state index contributed by atoms with van der Waals surface area (Å²) >= 11 is 0. The summed E-state index contributed by atoms with van der Waals surface area (Å²) in [5.41, 5.74) is 0.825. The molecule has 1 atom stereocenters. The van der Waals surface area contributed by atoms with Crippen LogP contribution in [0.1, 0.15) is 36.5 Å². The average Bonchev–Trinajstić information content (AvgIpc) is 2.74. The van der Waals surface area contributed by atoms with Crippen LogP contribution in [0.15, 0.2) is 47.4 Å². The lowest BCUT2D eigenvalue weighted by Gasteiger charge is -2.32. The number of hydrogen-bond acceptors (Lipinski definition) is 5. The predicted molar refractivity (Wildman–Crippen MR) is 111 cm³/mol. The third kappa shape index (κ3) is 4.54. The first-order valence-corrected chi connectivity index (χ1v) is 11.0. The number of nitrogens with zero attached hydrogens (tertiary/aromatic N) is 1. The maximum atomic E-state index is 13.3. The molecule has 1 amide bonds. The maximum Gasteiger partial charge on any atom is 0.255 e. The molecule has 0 unspecified atom stereocenters. The fourth-order valence-electron chi connectivity index (χ4n) is 3.45. The Bertz CT molecular complexity index is 973. The molecule has 0 bridgehead atoms. The monoisotopic (exact) mass is 418 g/mol. The lowest BCUT2D eigenvalue weighted by Crippen LogP contribution is -2.42. The summed E-state index contributed by atoms with van der Waals surface area (Å²) in [6.45, 7) is 2.37. The third-order valence-electron chi connectivity index (χ3n) is 5.10. The minimum atomic E-state index is -3.78. The number of nitrogens with one attached hydrogen (secondary N) is 1. The largest absolute Gasteiger partial charge is 0.497 e. The summed E-state index contributed by atoms with van der Waals surface area (Å²) in [4.78, 5) is 12.7. The van der Waals surface area contributed by atoms with Gasteiger partial charge in [-0.15, -0.1) is 0 Å². The molecular formula is C21H26N2O5S. The van der Waals surface area contributed by atoms with E-state index in [0.29, 0.717) is 18.0 Å². The molecule has 0 aliphatic carbocycles. The van der Waals surface area contributed by atoms with Crippen LogP contribution in [0.2, 0.25) is 0 Å². The van der Waals surface area contributed by atoms with Crippen molar-refractivity contribution in [2.24, 2.45) is 0 Å². The number of carbonyl (C=O) groups is 1. The van der Waals surface area contributed by atoms with Crippen LogP contribution in [-0.2, 0) is 10.0 Å². The van der Waals surface area contributed by atoms with E-state index in [0.717, 1.165) is 19.3 Å². The van der Waals surface area contributed by atoms with Crippen molar-refractivity contribution in [1.82, 2.24) is 4.31 Å². The molecule has 1 saturated heterocycles. The van der Waals surface area contributed by atoms with Crippen LogP contribution >= 0.6 is 0 Å². The molecule has 156 valence electrons. The molecule has 3 rings (SSSR count). The Morgan fingerprint density at radius 1 is 1.07 bits per heavy atom. The van der Waals surface area contributed by atoms with Crippen molar-refractivity contribution in [3.8, 4) is 11.5 Å². The summed E-state index contributed by atoms with van der Waals surface area (Å²) in [6, 6.07) is 11.3. The van der Waals surface area contributed by atoms with Crippen LogP contribution in [0.4, 0.5) is 5.69 Å². The molecule has 1 fully saturated rings. The van der Waals surface area contributed by atoms with Gasteiger partial charge in [0.05, 0.1) is 14.2 Å². The zero-order valence-electron chi connectivity index (χ0n) is 16.8. The molecule has 29 heavy (non-hydrogen) atoms. The van der Waals surface area contributed by atoms with E-state index < -0.39 is 15.9 Å². The summed E-state index contributed by atoms with van der Waals surface area (Å²) in [5, 5.41) is 2.77. The lowest BCUT2D eigenvalue weighted by molar-refractivity contribution is 0.102. The van der Waals surface area contributed by atoms with Gasteiger partial charge in [-0.2, -0.15) is 4.31 Å². The number of piperidine rings is 1. The SMILES string of the molecule is COc1ccc(NC(=O)c2ccc(OC)c(S(=O)(=O)N3CCCC[C@@H]3C)c2)cc1. The Labute approximate surface area is 171 Å². The molecular weight excluding hydrogens is 392 g/mol. The van der Waals surface area contributed by atoms with Crippen LogP contribution in [0.25, 0.3) is 0 Å². The minimum Gasteiger partial charge on any atom is -0.497 e. The molecule has 0 radical (unpaired) electrons. The second kappa shape index (κ2) is 8.84. The summed E-state index contributed by atoms with van der Waals surface area (Å²) in [6.07, 6.45) is 2.65. The highest BCUT2D eigenvalue weighted by atomic mass is 32.2. The van der Waals surface area contributed by atoms with Gasteiger partial charge < -0.3 is 14.8 Å². The number of hydrogen-bond donors (Lipinski definition) is 1. The van der Waals surface area contributed by atoms with Gasteiger partial charge in [0, 0.05) is 23.8 Å². The smallest absolute Gasteiger partial charge is 0.255 e. The number of methoxy groups -OCH3 is 2. The molecule has 1 N–H and O–H groups in total. The van der Waals surface area contributed by atoms with Crippen molar-refractivity contribution in [2.75, 3.05) is 26.1 Å². The van der Waals surface area contributed by atoms with Crippen molar-refractivity contribution in [1.29, 1.82) is 0 Å².